The first-order chi connectivity index (χ1) is 9.62. The molecule has 1 aromatic carbocycles. The number of amides is 1. The van der Waals surface area contributed by atoms with Gasteiger partial charge in [-0.15, -0.1) is 0 Å². The molecule has 0 heterocycles. The molecule has 0 aliphatic heterocycles. The maximum Gasteiger partial charge on any atom is 0.329 e. The summed E-state index contributed by atoms with van der Waals surface area (Å²) in [5, 5.41) is 20.0. The van der Waals surface area contributed by atoms with E-state index in [9.17, 15) is 19.7 Å². The van der Waals surface area contributed by atoms with Crippen LogP contribution in [0, 0.1) is 10.1 Å². The minimum atomic E-state index is -1.44. The molecule has 0 fully saturated rings. The Bertz CT molecular complexity index is 596. The Morgan fingerprint density at radius 3 is 2.38 bits per heavy atom. The third-order valence-corrected chi connectivity index (χ3v) is 3.29. The molecule has 0 aromatic heterocycles. The van der Waals surface area contributed by atoms with E-state index in [0.29, 0.717) is 0 Å². The second-order valence-electron chi connectivity index (χ2n) is 4.87. The summed E-state index contributed by atoms with van der Waals surface area (Å²) in [6.07, 6.45) is 0. The Morgan fingerprint density at radius 2 is 1.95 bits per heavy atom. The van der Waals surface area contributed by atoms with E-state index in [4.69, 9.17) is 9.84 Å². The lowest BCUT2D eigenvalue weighted by Crippen LogP contribution is -2.50. The third kappa shape index (κ3) is 3.10. The quantitative estimate of drug-likeness (QED) is 0.651. The molecule has 114 valence electrons. The fraction of sp³-hybridized carbons (Fsp3) is 0.385. The van der Waals surface area contributed by atoms with Crippen molar-refractivity contribution in [1.82, 2.24) is 4.90 Å². The number of carboxylic acids is 1. The summed E-state index contributed by atoms with van der Waals surface area (Å²) >= 11 is 0. The third-order valence-electron chi connectivity index (χ3n) is 3.29. The molecule has 1 N–H and O–H groups in total. The number of carboxylic acid groups (broad SMARTS) is 1. The van der Waals surface area contributed by atoms with Gasteiger partial charge in [-0.2, -0.15) is 0 Å². The average Bonchev–Trinajstić information content (AvgIpc) is 2.44. The molecule has 1 amide bonds. The summed E-state index contributed by atoms with van der Waals surface area (Å²) in [6, 6.07) is 3.71. The molecule has 0 aliphatic rings. The Kier molecular flexibility index (Phi) is 4.52. The molecule has 1 aromatic rings. The number of rotatable bonds is 5. The van der Waals surface area contributed by atoms with Gasteiger partial charge in [0.05, 0.1) is 12.0 Å². The lowest BCUT2D eigenvalue weighted by atomic mass is 10.0. The van der Waals surface area contributed by atoms with Crippen LogP contribution in [0.5, 0.6) is 5.75 Å². The molecule has 0 bridgehead atoms. The second-order valence-corrected chi connectivity index (χ2v) is 4.87. The molecule has 0 atom stereocenters. The number of nitro benzene ring substituents is 1. The Hall–Kier alpha value is -2.64. The number of nitrogens with zero attached hydrogens (tertiary/aromatic N) is 2. The van der Waals surface area contributed by atoms with Crippen LogP contribution in [0.15, 0.2) is 18.2 Å². The van der Waals surface area contributed by atoms with Gasteiger partial charge in [-0.05, 0) is 26.0 Å². The van der Waals surface area contributed by atoms with Gasteiger partial charge >= 0.3 is 11.7 Å². The van der Waals surface area contributed by atoms with Crippen LogP contribution in [-0.4, -0.2) is 46.5 Å². The van der Waals surface area contributed by atoms with Gasteiger partial charge in [0.15, 0.2) is 5.75 Å². The number of carbonyl (C=O) groups is 2. The van der Waals surface area contributed by atoms with Crippen molar-refractivity contribution in [2.45, 2.75) is 19.4 Å². The highest BCUT2D eigenvalue weighted by Gasteiger charge is 2.36. The maximum absolute atomic E-state index is 12.3. The lowest BCUT2D eigenvalue weighted by molar-refractivity contribution is -0.385. The number of hydrogen-bond donors (Lipinski definition) is 1. The van der Waals surface area contributed by atoms with E-state index in [1.807, 2.05) is 0 Å². The van der Waals surface area contributed by atoms with Crippen molar-refractivity contribution in [3.8, 4) is 5.75 Å². The van der Waals surface area contributed by atoms with Crippen molar-refractivity contribution in [3.63, 3.8) is 0 Å². The Labute approximate surface area is 121 Å². The van der Waals surface area contributed by atoms with Gasteiger partial charge in [-0.3, -0.25) is 14.9 Å². The van der Waals surface area contributed by atoms with Gasteiger partial charge in [0.1, 0.15) is 5.54 Å². The van der Waals surface area contributed by atoms with E-state index < -0.39 is 22.3 Å². The number of aliphatic carboxylic acids is 1. The zero-order valence-electron chi connectivity index (χ0n) is 12.1. The zero-order valence-corrected chi connectivity index (χ0v) is 12.1. The SMILES string of the molecule is COc1ccc(C(=O)N(C)C(C)(C)C(=O)O)cc1[N+](=O)[O-]. The number of benzene rings is 1. The summed E-state index contributed by atoms with van der Waals surface area (Å²) in [6.45, 7) is 2.73. The smallest absolute Gasteiger partial charge is 0.329 e. The Morgan fingerprint density at radius 1 is 1.38 bits per heavy atom. The summed E-state index contributed by atoms with van der Waals surface area (Å²) < 4.78 is 4.85. The summed E-state index contributed by atoms with van der Waals surface area (Å²) in [4.78, 5) is 34.7. The lowest BCUT2D eigenvalue weighted by Gasteiger charge is -2.31. The highest BCUT2D eigenvalue weighted by atomic mass is 16.6. The molecule has 0 radical (unpaired) electrons. The molecule has 1 rings (SSSR count). The largest absolute Gasteiger partial charge is 0.490 e. The number of likely N-dealkylation sites (N-methyl/N-ethyl adjacent to an activating group) is 1. The topological polar surface area (TPSA) is 110 Å². The minimum absolute atomic E-state index is 0.0133. The van der Waals surface area contributed by atoms with Crippen LogP contribution in [0.1, 0.15) is 24.2 Å². The average molecular weight is 296 g/mol. The zero-order chi connectivity index (χ0) is 16.4. The van der Waals surface area contributed by atoms with Crippen LogP contribution in [0.2, 0.25) is 0 Å². The fourth-order valence-corrected chi connectivity index (χ4v) is 1.56. The monoisotopic (exact) mass is 296 g/mol. The summed E-state index contributed by atoms with van der Waals surface area (Å²) in [5.74, 6) is -1.79. The highest BCUT2D eigenvalue weighted by Crippen LogP contribution is 2.28. The first-order valence-corrected chi connectivity index (χ1v) is 5.97. The first kappa shape index (κ1) is 16.4. The summed E-state index contributed by atoms with van der Waals surface area (Å²) in [5.41, 5.74) is -1.78. The van der Waals surface area contributed by atoms with Gasteiger partial charge in [0.2, 0.25) is 0 Å². The molecule has 0 unspecified atom stereocenters. The highest BCUT2D eigenvalue weighted by molar-refractivity contribution is 5.98. The molecule has 0 aliphatic carbocycles. The fourth-order valence-electron chi connectivity index (χ4n) is 1.56. The predicted molar refractivity (Wildman–Crippen MR) is 73.5 cm³/mol. The molecule has 8 heteroatoms. The number of methoxy groups -OCH3 is 1. The van der Waals surface area contributed by atoms with E-state index >= 15 is 0 Å². The van der Waals surface area contributed by atoms with Crippen LogP contribution < -0.4 is 4.74 Å². The van der Waals surface area contributed by atoms with Crippen molar-refractivity contribution < 1.29 is 24.4 Å². The van der Waals surface area contributed by atoms with Gasteiger partial charge in [0, 0.05) is 18.7 Å². The molecule has 0 spiro atoms. The van der Waals surface area contributed by atoms with E-state index in [1.165, 1.54) is 40.1 Å². The van der Waals surface area contributed by atoms with Crippen molar-refractivity contribution >= 4 is 17.6 Å². The normalized spacial score (nSPS) is 10.9. The number of nitro groups is 1. The van der Waals surface area contributed by atoms with Crippen LogP contribution in [-0.2, 0) is 4.79 Å². The van der Waals surface area contributed by atoms with E-state index in [1.54, 1.807) is 0 Å². The molecular formula is C13H16N2O6. The second kappa shape index (κ2) is 5.78. The summed E-state index contributed by atoms with van der Waals surface area (Å²) in [7, 11) is 2.61. The minimum Gasteiger partial charge on any atom is -0.490 e. The Balaban J connectivity index is 3.23. The van der Waals surface area contributed by atoms with Crippen molar-refractivity contribution in [2.24, 2.45) is 0 Å². The van der Waals surface area contributed by atoms with Crippen molar-refractivity contribution in [2.75, 3.05) is 14.2 Å². The van der Waals surface area contributed by atoms with Gasteiger partial charge < -0.3 is 14.7 Å². The van der Waals surface area contributed by atoms with Crippen molar-refractivity contribution in [3.05, 3.63) is 33.9 Å². The predicted octanol–water partition coefficient (Wildman–Crippen LogP) is 1.54. The number of hydrogen-bond acceptors (Lipinski definition) is 5. The van der Waals surface area contributed by atoms with E-state index in [2.05, 4.69) is 0 Å². The van der Waals surface area contributed by atoms with E-state index in [0.717, 1.165) is 11.0 Å². The molecule has 8 nitrogen and oxygen atoms in total. The number of ether oxygens (including phenoxy) is 1. The first-order valence-electron chi connectivity index (χ1n) is 5.97. The van der Waals surface area contributed by atoms with Crippen LogP contribution in [0.25, 0.3) is 0 Å². The van der Waals surface area contributed by atoms with Gasteiger partial charge in [-0.25, -0.2) is 4.79 Å². The van der Waals surface area contributed by atoms with Gasteiger partial charge in [0.25, 0.3) is 5.91 Å². The van der Waals surface area contributed by atoms with Crippen molar-refractivity contribution in [1.29, 1.82) is 0 Å². The van der Waals surface area contributed by atoms with E-state index in [-0.39, 0.29) is 17.0 Å². The molecular weight excluding hydrogens is 280 g/mol. The van der Waals surface area contributed by atoms with Crippen LogP contribution in [0.4, 0.5) is 5.69 Å². The molecule has 21 heavy (non-hydrogen) atoms. The number of carbonyl (C=O) groups excluding carboxylic acids is 1. The standard InChI is InChI=1S/C13H16N2O6/c1-13(2,12(17)18)14(3)11(16)8-5-6-10(21-4)9(7-8)15(19)20/h5-7H,1-4H3,(H,17,18). The van der Waals surface area contributed by atoms with Crippen LogP contribution in [0.3, 0.4) is 0 Å². The van der Waals surface area contributed by atoms with Gasteiger partial charge in [-0.1, -0.05) is 0 Å². The maximum atomic E-state index is 12.3. The molecule has 0 saturated heterocycles. The molecule has 0 saturated carbocycles. The van der Waals surface area contributed by atoms with Crippen LogP contribution >= 0.6 is 0 Å².